The molecule has 0 unspecified atom stereocenters. The van der Waals surface area contributed by atoms with Gasteiger partial charge in [0.25, 0.3) is 0 Å². The highest BCUT2D eigenvalue weighted by molar-refractivity contribution is 5.93. The zero-order valence-corrected chi connectivity index (χ0v) is 15.7. The maximum Gasteiger partial charge on any atom is 0.320 e. The molecule has 1 aliphatic rings. The Hall–Kier alpha value is -2.83. The number of urea groups is 1. The molecule has 1 aliphatic carbocycles. The topological polar surface area (TPSA) is 79.4 Å². The first-order valence-electron chi connectivity index (χ1n) is 8.69. The highest BCUT2D eigenvalue weighted by atomic mass is 16.5. The minimum Gasteiger partial charge on any atom is -0.497 e. The molecule has 138 valence electrons. The van der Waals surface area contributed by atoms with E-state index in [0.717, 1.165) is 36.3 Å². The number of rotatable bonds is 5. The Balaban J connectivity index is 1.79. The number of hydrogen-bond acceptors (Lipinski definition) is 5. The predicted molar refractivity (Wildman–Crippen MR) is 102 cm³/mol. The Morgan fingerprint density at radius 1 is 1.23 bits per heavy atom. The zero-order chi connectivity index (χ0) is 18.7. The number of ether oxygens (including phenoxy) is 1. The molecule has 0 atom stereocenters. The summed E-state index contributed by atoms with van der Waals surface area (Å²) in [6.07, 6.45) is 2.89. The van der Waals surface area contributed by atoms with E-state index in [9.17, 15) is 4.79 Å². The third-order valence-electron chi connectivity index (χ3n) is 4.75. The minimum absolute atomic E-state index is 0.247. The number of aromatic nitrogens is 2. The Kier molecular flexibility index (Phi) is 4.97. The third kappa shape index (κ3) is 3.56. The first-order chi connectivity index (χ1) is 12.4. The molecule has 2 amide bonds. The van der Waals surface area contributed by atoms with Crippen molar-refractivity contribution in [1.29, 1.82) is 0 Å². The summed E-state index contributed by atoms with van der Waals surface area (Å²) in [7, 11) is 5.38. The van der Waals surface area contributed by atoms with E-state index in [1.807, 2.05) is 56.3 Å². The van der Waals surface area contributed by atoms with Crippen LogP contribution in [0.4, 0.5) is 16.3 Å². The van der Waals surface area contributed by atoms with E-state index in [1.165, 1.54) is 0 Å². The van der Waals surface area contributed by atoms with Crippen molar-refractivity contribution in [3.8, 4) is 5.75 Å². The molecular weight excluding hydrogens is 330 g/mol. The summed E-state index contributed by atoms with van der Waals surface area (Å²) in [5.74, 6) is 1.41. The van der Waals surface area contributed by atoms with Crippen molar-refractivity contribution >= 4 is 17.5 Å². The summed E-state index contributed by atoms with van der Waals surface area (Å²) in [5.41, 5.74) is 2.10. The fourth-order valence-corrected chi connectivity index (χ4v) is 3.21. The number of nitrogens with zero attached hydrogens (tertiary/aromatic N) is 3. The highest BCUT2D eigenvalue weighted by Gasteiger charge is 2.40. The van der Waals surface area contributed by atoms with Gasteiger partial charge in [0.2, 0.25) is 0 Å². The number of anilines is 2. The summed E-state index contributed by atoms with van der Waals surface area (Å²) < 4.78 is 5.33. The van der Waals surface area contributed by atoms with E-state index in [1.54, 1.807) is 7.11 Å². The van der Waals surface area contributed by atoms with Gasteiger partial charge in [0.05, 0.1) is 24.0 Å². The van der Waals surface area contributed by atoms with Crippen molar-refractivity contribution in [3.63, 3.8) is 0 Å². The number of aryl methyl sites for hydroxylation is 1. The van der Waals surface area contributed by atoms with Gasteiger partial charge in [0.1, 0.15) is 5.75 Å². The van der Waals surface area contributed by atoms with E-state index in [4.69, 9.17) is 4.74 Å². The molecule has 0 radical (unpaired) electrons. The Labute approximate surface area is 153 Å². The van der Waals surface area contributed by atoms with Crippen LogP contribution >= 0.6 is 0 Å². The average Bonchev–Trinajstić information content (AvgIpc) is 2.58. The van der Waals surface area contributed by atoms with Gasteiger partial charge in [-0.05, 0) is 49.9 Å². The second-order valence-corrected chi connectivity index (χ2v) is 6.86. The largest absolute Gasteiger partial charge is 0.497 e. The van der Waals surface area contributed by atoms with Gasteiger partial charge in [-0.2, -0.15) is 5.10 Å². The van der Waals surface area contributed by atoms with Gasteiger partial charge in [-0.1, -0.05) is 12.1 Å². The summed E-state index contributed by atoms with van der Waals surface area (Å²) in [6, 6.07) is 9.46. The molecule has 1 heterocycles. The molecule has 3 rings (SSSR count). The van der Waals surface area contributed by atoms with E-state index < -0.39 is 0 Å². The normalized spacial score (nSPS) is 14.9. The van der Waals surface area contributed by atoms with Gasteiger partial charge in [-0.3, -0.25) is 0 Å². The van der Waals surface area contributed by atoms with Crippen molar-refractivity contribution < 1.29 is 9.53 Å². The average molecular weight is 355 g/mol. The van der Waals surface area contributed by atoms with Crippen molar-refractivity contribution in [2.45, 2.75) is 31.7 Å². The lowest BCUT2D eigenvalue weighted by Crippen LogP contribution is -2.52. The Morgan fingerprint density at radius 2 is 2.00 bits per heavy atom. The SMILES string of the molecule is COc1cccc(C2(NC(=O)Nc3cc(C)nnc3N(C)C)CCC2)c1. The monoisotopic (exact) mass is 355 g/mol. The number of carbonyl (C=O) groups excluding carboxylic acids is 1. The molecule has 2 N–H and O–H groups in total. The molecule has 2 aromatic rings. The summed E-state index contributed by atoms with van der Waals surface area (Å²) >= 11 is 0. The van der Waals surface area contributed by atoms with Crippen molar-refractivity contribution in [2.75, 3.05) is 31.4 Å². The number of amides is 2. The van der Waals surface area contributed by atoms with Crippen LogP contribution in [0.2, 0.25) is 0 Å². The van der Waals surface area contributed by atoms with E-state index >= 15 is 0 Å². The van der Waals surface area contributed by atoms with Crippen LogP contribution in [-0.2, 0) is 5.54 Å². The molecule has 26 heavy (non-hydrogen) atoms. The maximum atomic E-state index is 12.7. The minimum atomic E-state index is -0.355. The summed E-state index contributed by atoms with van der Waals surface area (Å²) in [4.78, 5) is 14.5. The van der Waals surface area contributed by atoms with Crippen LogP contribution in [0.1, 0.15) is 30.5 Å². The molecule has 0 spiro atoms. The summed E-state index contributed by atoms with van der Waals surface area (Å²) in [6.45, 7) is 1.85. The number of hydrogen-bond donors (Lipinski definition) is 2. The molecule has 7 heteroatoms. The van der Waals surface area contributed by atoms with E-state index in [0.29, 0.717) is 11.5 Å². The fourth-order valence-electron chi connectivity index (χ4n) is 3.21. The first kappa shape index (κ1) is 18.0. The molecular formula is C19H25N5O2. The van der Waals surface area contributed by atoms with Crippen LogP contribution in [-0.4, -0.2) is 37.4 Å². The quantitative estimate of drug-likeness (QED) is 0.862. The molecule has 1 fully saturated rings. The van der Waals surface area contributed by atoms with Crippen LogP contribution in [0, 0.1) is 6.92 Å². The molecule has 0 aliphatic heterocycles. The van der Waals surface area contributed by atoms with Crippen LogP contribution in [0.3, 0.4) is 0 Å². The number of benzene rings is 1. The summed E-state index contributed by atoms with van der Waals surface area (Å²) in [5, 5.41) is 14.3. The molecule has 0 saturated heterocycles. The van der Waals surface area contributed by atoms with Crippen LogP contribution < -0.4 is 20.3 Å². The number of carbonyl (C=O) groups is 1. The number of methoxy groups -OCH3 is 1. The van der Waals surface area contributed by atoms with Gasteiger partial charge in [-0.15, -0.1) is 5.10 Å². The molecule has 1 saturated carbocycles. The lowest BCUT2D eigenvalue weighted by molar-refractivity contribution is 0.184. The van der Waals surface area contributed by atoms with Crippen molar-refractivity contribution in [2.24, 2.45) is 0 Å². The van der Waals surface area contributed by atoms with Crippen LogP contribution in [0.15, 0.2) is 30.3 Å². The van der Waals surface area contributed by atoms with Gasteiger partial charge in [0, 0.05) is 14.1 Å². The second-order valence-electron chi connectivity index (χ2n) is 6.86. The zero-order valence-electron chi connectivity index (χ0n) is 15.7. The van der Waals surface area contributed by atoms with Crippen LogP contribution in [0.5, 0.6) is 5.75 Å². The standard InChI is InChI=1S/C19H25N5O2/c1-13-11-16(17(23-22-13)24(2)3)20-18(25)21-19(9-6-10-19)14-7-5-8-15(12-14)26-4/h5,7-8,11-12H,6,9-10H2,1-4H3,(H2,20,21,22,25). The first-order valence-corrected chi connectivity index (χ1v) is 8.69. The van der Waals surface area contributed by atoms with Gasteiger partial charge in [0.15, 0.2) is 5.82 Å². The van der Waals surface area contributed by atoms with Crippen molar-refractivity contribution in [3.05, 3.63) is 41.6 Å². The van der Waals surface area contributed by atoms with E-state index in [-0.39, 0.29) is 11.6 Å². The molecule has 1 aromatic carbocycles. The fraction of sp³-hybridized carbons (Fsp3) is 0.421. The second kappa shape index (κ2) is 7.19. The lowest BCUT2D eigenvalue weighted by Gasteiger charge is -2.43. The molecule has 1 aromatic heterocycles. The molecule has 7 nitrogen and oxygen atoms in total. The van der Waals surface area contributed by atoms with Crippen molar-refractivity contribution in [1.82, 2.24) is 15.5 Å². The third-order valence-corrected chi connectivity index (χ3v) is 4.75. The van der Waals surface area contributed by atoms with Crippen LogP contribution in [0.25, 0.3) is 0 Å². The highest BCUT2D eigenvalue weighted by Crippen LogP contribution is 2.42. The molecule has 0 bridgehead atoms. The lowest BCUT2D eigenvalue weighted by atomic mass is 9.72. The number of nitrogens with one attached hydrogen (secondary N) is 2. The Bertz CT molecular complexity index is 802. The van der Waals surface area contributed by atoms with Gasteiger partial charge in [-0.25, -0.2) is 4.79 Å². The van der Waals surface area contributed by atoms with Gasteiger partial charge < -0.3 is 20.3 Å². The van der Waals surface area contributed by atoms with Gasteiger partial charge >= 0.3 is 6.03 Å². The predicted octanol–water partition coefficient (Wildman–Crippen LogP) is 3.06. The smallest absolute Gasteiger partial charge is 0.320 e. The Morgan fingerprint density at radius 3 is 2.62 bits per heavy atom. The van der Waals surface area contributed by atoms with E-state index in [2.05, 4.69) is 20.8 Å². The maximum absolute atomic E-state index is 12.7.